The summed E-state index contributed by atoms with van der Waals surface area (Å²) in [6.45, 7) is 0. The molecule has 0 saturated heterocycles. The SMILES string of the molecule is c1ccc2c(c1)oc1ccc3c4cc5c(cc4[nH]c3c12)[nH]c1c5ccc2oc3ccccc3c21. The number of aromatic nitrogens is 2. The van der Waals surface area contributed by atoms with E-state index in [4.69, 9.17) is 8.83 Å². The van der Waals surface area contributed by atoms with Gasteiger partial charge in [-0.05, 0) is 48.5 Å². The summed E-state index contributed by atoms with van der Waals surface area (Å²) in [4.78, 5) is 7.40. The summed E-state index contributed by atoms with van der Waals surface area (Å²) in [5.41, 5.74) is 8.11. The van der Waals surface area contributed by atoms with Crippen LogP contribution in [0.25, 0.3) is 87.5 Å². The molecular weight excluding hydrogens is 420 g/mol. The van der Waals surface area contributed by atoms with Crippen molar-refractivity contribution in [2.24, 2.45) is 0 Å². The number of hydrogen-bond donors (Lipinski definition) is 2. The highest BCUT2D eigenvalue weighted by Crippen LogP contribution is 2.41. The molecule has 0 aliphatic carbocycles. The molecule has 9 rings (SSSR count). The van der Waals surface area contributed by atoms with Crippen LogP contribution in [0.5, 0.6) is 0 Å². The molecule has 4 aromatic heterocycles. The zero-order valence-corrected chi connectivity index (χ0v) is 17.9. The zero-order chi connectivity index (χ0) is 22.0. The van der Waals surface area contributed by atoms with Crippen LogP contribution in [0.15, 0.2) is 93.8 Å². The minimum absolute atomic E-state index is 0.908. The van der Waals surface area contributed by atoms with Gasteiger partial charge in [0.1, 0.15) is 22.3 Å². The minimum Gasteiger partial charge on any atom is -0.456 e. The lowest BCUT2D eigenvalue weighted by atomic mass is 10.0. The maximum atomic E-state index is 6.11. The van der Waals surface area contributed by atoms with Gasteiger partial charge in [-0.15, -0.1) is 0 Å². The van der Waals surface area contributed by atoms with Gasteiger partial charge in [-0.2, -0.15) is 0 Å². The number of furan rings is 2. The molecule has 5 aromatic carbocycles. The fourth-order valence-electron chi connectivity index (χ4n) is 5.86. The maximum absolute atomic E-state index is 6.11. The third-order valence-corrected chi connectivity index (χ3v) is 7.34. The van der Waals surface area contributed by atoms with Crippen LogP contribution >= 0.6 is 0 Å². The molecule has 0 unspecified atom stereocenters. The minimum atomic E-state index is 0.908. The number of nitrogens with one attached hydrogen (secondary N) is 2. The number of benzene rings is 5. The normalized spacial score (nSPS) is 12.7. The number of fused-ring (bicyclic) bond motifs is 14. The summed E-state index contributed by atoms with van der Waals surface area (Å²) in [6, 6.07) is 29.5. The van der Waals surface area contributed by atoms with Crippen molar-refractivity contribution in [1.82, 2.24) is 9.97 Å². The van der Waals surface area contributed by atoms with E-state index in [1.165, 1.54) is 21.5 Å². The molecule has 4 nitrogen and oxygen atoms in total. The Bertz CT molecular complexity index is 2130. The first kappa shape index (κ1) is 16.9. The van der Waals surface area contributed by atoms with Crippen molar-refractivity contribution in [3.8, 4) is 0 Å². The van der Waals surface area contributed by atoms with Crippen molar-refractivity contribution >= 4 is 87.5 Å². The molecular formula is C30H16N2O2. The van der Waals surface area contributed by atoms with E-state index >= 15 is 0 Å². The summed E-state index contributed by atoms with van der Waals surface area (Å²) < 4.78 is 12.2. The molecule has 2 N–H and O–H groups in total. The van der Waals surface area contributed by atoms with E-state index in [2.05, 4.69) is 70.6 Å². The smallest absolute Gasteiger partial charge is 0.137 e. The summed E-state index contributed by atoms with van der Waals surface area (Å²) in [5.74, 6) is 0. The van der Waals surface area contributed by atoms with Crippen LogP contribution in [-0.2, 0) is 0 Å². The average Bonchev–Trinajstić information content (AvgIpc) is 3.60. The van der Waals surface area contributed by atoms with Gasteiger partial charge in [0.15, 0.2) is 0 Å². The second-order valence-electron chi connectivity index (χ2n) is 9.11. The van der Waals surface area contributed by atoms with E-state index in [9.17, 15) is 0 Å². The molecule has 9 aromatic rings. The molecule has 0 amide bonds. The van der Waals surface area contributed by atoms with Gasteiger partial charge in [0.2, 0.25) is 0 Å². The summed E-state index contributed by atoms with van der Waals surface area (Å²) >= 11 is 0. The van der Waals surface area contributed by atoms with Gasteiger partial charge >= 0.3 is 0 Å². The Balaban J connectivity index is 1.44. The van der Waals surface area contributed by atoms with E-state index in [1.807, 2.05) is 24.3 Å². The molecule has 0 spiro atoms. The topological polar surface area (TPSA) is 57.9 Å². The summed E-state index contributed by atoms with van der Waals surface area (Å²) in [5, 5.41) is 9.41. The van der Waals surface area contributed by atoms with E-state index in [0.29, 0.717) is 0 Å². The number of H-pyrrole nitrogens is 2. The second kappa shape index (κ2) is 5.61. The molecule has 0 saturated carbocycles. The van der Waals surface area contributed by atoms with Crippen LogP contribution in [0.2, 0.25) is 0 Å². The second-order valence-corrected chi connectivity index (χ2v) is 9.11. The van der Waals surface area contributed by atoms with Gasteiger partial charge in [0.25, 0.3) is 0 Å². The zero-order valence-electron chi connectivity index (χ0n) is 17.9. The van der Waals surface area contributed by atoms with Crippen molar-refractivity contribution in [2.45, 2.75) is 0 Å². The largest absolute Gasteiger partial charge is 0.456 e. The summed E-state index contributed by atoms with van der Waals surface area (Å²) in [7, 11) is 0. The average molecular weight is 436 g/mol. The monoisotopic (exact) mass is 436 g/mol. The van der Waals surface area contributed by atoms with Gasteiger partial charge in [-0.3, -0.25) is 0 Å². The number of aromatic amines is 2. The maximum Gasteiger partial charge on any atom is 0.137 e. The lowest BCUT2D eigenvalue weighted by Gasteiger charge is -1.95. The highest BCUT2D eigenvalue weighted by Gasteiger charge is 2.17. The lowest BCUT2D eigenvalue weighted by molar-refractivity contribution is 0.669. The van der Waals surface area contributed by atoms with Gasteiger partial charge < -0.3 is 18.8 Å². The van der Waals surface area contributed by atoms with Crippen LogP contribution in [0.3, 0.4) is 0 Å². The van der Waals surface area contributed by atoms with E-state index in [-0.39, 0.29) is 0 Å². The fourth-order valence-corrected chi connectivity index (χ4v) is 5.86. The molecule has 0 aliphatic heterocycles. The Hall–Kier alpha value is -4.70. The molecule has 158 valence electrons. The Morgan fingerprint density at radius 3 is 1.44 bits per heavy atom. The summed E-state index contributed by atoms with van der Waals surface area (Å²) in [6.07, 6.45) is 0. The van der Waals surface area contributed by atoms with Crippen LogP contribution in [0, 0.1) is 0 Å². The molecule has 0 fully saturated rings. The van der Waals surface area contributed by atoms with Gasteiger partial charge in [-0.25, -0.2) is 0 Å². The van der Waals surface area contributed by atoms with Crippen molar-refractivity contribution in [1.29, 1.82) is 0 Å². The third-order valence-electron chi connectivity index (χ3n) is 7.34. The third kappa shape index (κ3) is 1.92. The predicted molar refractivity (Wildman–Crippen MR) is 140 cm³/mol. The van der Waals surface area contributed by atoms with Crippen LogP contribution in [-0.4, -0.2) is 9.97 Å². The Kier molecular flexibility index (Phi) is 2.78. The van der Waals surface area contributed by atoms with E-state index in [1.54, 1.807) is 0 Å². The van der Waals surface area contributed by atoms with Gasteiger partial charge in [0, 0.05) is 43.4 Å². The van der Waals surface area contributed by atoms with Crippen LogP contribution in [0.1, 0.15) is 0 Å². The lowest BCUT2D eigenvalue weighted by Crippen LogP contribution is -1.71. The molecule has 0 radical (unpaired) electrons. The van der Waals surface area contributed by atoms with Gasteiger partial charge in [0.05, 0.1) is 21.8 Å². The highest BCUT2D eigenvalue weighted by molar-refractivity contribution is 6.28. The molecule has 0 aliphatic rings. The first-order valence-corrected chi connectivity index (χ1v) is 11.4. The highest BCUT2D eigenvalue weighted by atomic mass is 16.3. The standard InChI is InChI=1S/C30H16N2O2/c1-3-7-23-17(5-1)27-25(33-23)11-9-15-19-13-20-16-10-12-26-28(18-6-2-4-8-24(18)34-26)30(16)32-22(20)14-21(19)31-29(15)27/h1-14,31-32H. The van der Waals surface area contributed by atoms with Crippen molar-refractivity contribution in [2.75, 3.05) is 0 Å². The molecule has 0 bridgehead atoms. The van der Waals surface area contributed by atoms with Gasteiger partial charge in [-0.1, -0.05) is 36.4 Å². The first-order chi connectivity index (χ1) is 16.8. The fraction of sp³-hybridized carbons (Fsp3) is 0. The van der Waals surface area contributed by atoms with Crippen LogP contribution in [0.4, 0.5) is 0 Å². The van der Waals surface area contributed by atoms with Crippen molar-refractivity contribution in [3.63, 3.8) is 0 Å². The first-order valence-electron chi connectivity index (χ1n) is 11.4. The quantitative estimate of drug-likeness (QED) is 0.250. The predicted octanol–water partition coefficient (Wildman–Crippen LogP) is 8.75. The molecule has 4 heterocycles. The molecule has 34 heavy (non-hydrogen) atoms. The van der Waals surface area contributed by atoms with E-state index < -0.39 is 0 Å². The molecule has 0 atom stereocenters. The Labute approximate surface area is 191 Å². The van der Waals surface area contributed by atoms with E-state index in [0.717, 1.165) is 65.9 Å². The number of para-hydroxylation sites is 2. The van der Waals surface area contributed by atoms with Crippen LogP contribution < -0.4 is 0 Å². The Morgan fingerprint density at radius 1 is 0.412 bits per heavy atom. The Morgan fingerprint density at radius 2 is 0.912 bits per heavy atom. The van der Waals surface area contributed by atoms with Crippen molar-refractivity contribution in [3.05, 3.63) is 84.9 Å². The number of hydrogen-bond acceptors (Lipinski definition) is 2. The number of rotatable bonds is 0. The van der Waals surface area contributed by atoms with Crippen molar-refractivity contribution < 1.29 is 8.83 Å². The molecule has 4 heteroatoms.